The first-order valence-electron chi connectivity index (χ1n) is 7.71. The highest BCUT2D eigenvalue weighted by atomic mass is 16.2. The van der Waals surface area contributed by atoms with Crippen LogP contribution in [-0.2, 0) is 16.0 Å². The molecule has 1 unspecified atom stereocenters. The van der Waals surface area contributed by atoms with Gasteiger partial charge in [0.15, 0.2) is 0 Å². The molecule has 0 bridgehead atoms. The summed E-state index contributed by atoms with van der Waals surface area (Å²) in [6.07, 6.45) is 2.01. The first kappa shape index (κ1) is 15.5. The Balaban J connectivity index is 2.23. The lowest BCUT2D eigenvalue weighted by Gasteiger charge is -2.25. The van der Waals surface area contributed by atoms with Gasteiger partial charge in [-0.25, -0.2) is 0 Å². The molecule has 1 saturated heterocycles. The molecular formula is C17H24N2O2. The predicted octanol–water partition coefficient (Wildman–Crippen LogP) is 2.52. The SMILES string of the molecule is CCc1ccc(N2CCC(=O)NC(CC(C)C)C2=O)cc1. The van der Waals surface area contributed by atoms with Crippen LogP contribution in [-0.4, -0.2) is 24.4 Å². The highest BCUT2D eigenvalue weighted by Crippen LogP contribution is 2.20. The maximum atomic E-state index is 12.7. The molecule has 1 fully saturated rings. The van der Waals surface area contributed by atoms with Gasteiger partial charge in [-0.15, -0.1) is 0 Å². The first-order valence-corrected chi connectivity index (χ1v) is 7.71. The second-order valence-electron chi connectivity index (χ2n) is 6.01. The topological polar surface area (TPSA) is 49.4 Å². The average Bonchev–Trinajstić information content (AvgIpc) is 2.59. The van der Waals surface area contributed by atoms with Gasteiger partial charge < -0.3 is 10.2 Å². The molecule has 1 aliphatic heterocycles. The van der Waals surface area contributed by atoms with Crippen LogP contribution in [0.2, 0.25) is 0 Å². The predicted molar refractivity (Wildman–Crippen MR) is 84.2 cm³/mol. The number of rotatable bonds is 4. The van der Waals surface area contributed by atoms with E-state index in [1.54, 1.807) is 4.90 Å². The third kappa shape index (κ3) is 3.84. The van der Waals surface area contributed by atoms with Crippen molar-refractivity contribution in [3.63, 3.8) is 0 Å². The van der Waals surface area contributed by atoms with Gasteiger partial charge in [-0.2, -0.15) is 0 Å². The lowest BCUT2D eigenvalue weighted by atomic mass is 10.0. The lowest BCUT2D eigenvalue weighted by Crippen LogP contribution is -2.45. The summed E-state index contributed by atoms with van der Waals surface area (Å²) in [5.74, 6) is 0.321. The Bertz CT molecular complexity index is 508. The van der Waals surface area contributed by atoms with Gasteiger partial charge in [0.05, 0.1) is 0 Å². The number of benzene rings is 1. The molecule has 0 aromatic heterocycles. The molecule has 1 heterocycles. The number of hydrogen-bond acceptors (Lipinski definition) is 2. The molecule has 1 aromatic carbocycles. The molecule has 0 spiro atoms. The Kier molecular flexibility index (Phi) is 4.99. The number of aryl methyl sites for hydroxylation is 1. The van der Waals surface area contributed by atoms with E-state index >= 15 is 0 Å². The molecule has 21 heavy (non-hydrogen) atoms. The van der Waals surface area contributed by atoms with Gasteiger partial charge in [-0.3, -0.25) is 9.59 Å². The molecule has 1 aromatic rings. The molecule has 0 saturated carbocycles. The van der Waals surface area contributed by atoms with E-state index in [9.17, 15) is 9.59 Å². The smallest absolute Gasteiger partial charge is 0.249 e. The minimum atomic E-state index is -0.411. The van der Waals surface area contributed by atoms with Crippen LogP contribution in [0.4, 0.5) is 5.69 Å². The highest BCUT2D eigenvalue weighted by Gasteiger charge is 2.30. The third-order valence-corrected chi connectivity index (χ3v) is 3.83. The number of hydrogen-bond donors (Lipinski definition) is 1. The van der Waals surface area contributed by atoms with Crippen molar-refractivity contribution in [3.05, 3.63) is 29.8 Å². The van der Waals surface area contributed by atoms with Crippen molar-refractivity contribution in [2.24, 2.45) is 5.92 Å². The molecule has 0 aliphatic carbocycles. The molecule has 4 heteroatoms. The van der Waals surface area contributed by atoms with Gasteiger partial charge in [0.1, 0.15) is 6.04 Å². The lowest BCUT2D eigenvalue weighted by molar-refractivity contribution is -0.125. The Morgan fingerprint density at radius 2 is 1.90 bits per heavy atom. The fourth-order valence-corrected chi connectivity index (χ4v) is 2.64. The van der Waals surface area contributed by atoms with E-state index in [0.29, 0.717) is 25.3 Å². The van der Waals surface area contributed by atoms with Crippen LogP contribution in [0.5, 0.6) is 0 Å². The van der Waals surface area contributed by atoms with Crippen LogP contribution in [0.3, 0.4) is 0 Å². The molecule has 2 rings (SSSR count). The maximum absolute atomic E-state index is 12.7. The number of nitrogens with zero attached hydrogens (tertiary/aromatic N) is 1. The Hall–Kier alpha value is -1.84. The molecule has 1 N–H and O–H groups in total. The summed E-state index contributed by atoms with van der Waals surface area (Å²) in [6.45, 7) is 6.67. The molecule has 1 atom stereocenters. The number of anilines is 1. The van der Waals surface area contributed by atoms with Crippen LogP contribution in [0, 0.1) is 5.92 Å². The summed E-state index contributed by atoms with van der Waals surface area (Å²) >= 11 is 0. The van der Waals surface area contributed by atoms with Gasteiger partial charge in [0.25, 0.3) is 0 Å². The monoisotopic (exact) mass is 288 g/mol. The summed E-state index contributed by atoms with van der Waals surface area (Å²) in [5, 5.41) is 2.85. The summed E-state index contributed by atoms with van der Waals surface area (Å²) in [6, 6.07) is 7.61. The minimum Gasteiger partial charge on any atom is -0.344 e. The highest BCUT2D eigenvalue weighted by molar-refractivity contribution is 6.01. The number of amides is 2. The van der Waals surface area contributed by atoms with Gasteiger partial charge >= 0.3 is 0 Å². The summed E-state index contributed by atoms with van der Waals surface area (Å²) in [5.41, 5.74) is 2.12. The van der Waals surface area contributed by atoms with E-state index in [2.05, 4.69) is 26.1 Å². The van der Waals surface area contributed by atoms with E-state index in [1.165, 1.54) is 5.56 Å². The van der Waals surface area contributed by atoms with Crippen molar-refractivity contribution in [1.29, 1.82) is 0 Å². The van der Waals surface area contributed by atoms with Crippen molar-refractivity contribution in [1.82, 2.24) is 5.32 Å². The summed E-state index contributed by atoms with van der Waals surface area (Å²) in [7, 11) is 0. The van der Waals surface area contributed by atoms with Gasteiger partial charge in [-0.05, 0) is 36.5 Å². The van der Waals surface area contributed by atoms with E-state index in [4.69, 9.17) is 0 Å². The minimum absolute atomic E-state index is 0.00111. The van der Waals surface area contributed by atoms with E-state index < -0.39 is 6.04 Å². The first-order chi connectivity index (χ1) is 10.0. The average molecular weight is 288 g/mol. The van der Waals surface area contributed by atoms with Crippen LogP contribution >= 0.6 is 0 Å². The second kappa shape index (κ2) is 6.74. The standard InChI is InChI=1S/C17H24N2O2/c1-4-13-5-7-14(8-6-13)19-10-9-16(20)18-15(17(19)21)11-12(2)3/h5-8,12,15H,4,9-11H2,1-3H3,(H,18,20). The fourth-order valence-electron chi connectivity index (χ4n) is 2.64. The molecular weight excluding hydrogens is 264 g/mol. The zero-order valence-corrected chi connectivity index (χ0v) is 13.1. The Labute approximate surface area is 126 Å². The van der Waals surface area contributed by atoms with Gasteiger partial charge in [0.2, 0.25) is 11.8 Å². The van der Waals surface area contributed by atoms with Gasteiger partial charge in [0, 0.05) is 18.7 Å². The van der Waals surface area contributed by atoms with Crippen LogP contribution in [0.25, 0.3) is 0 Å². The largest absolute Gasteiger partial charge is 0.344 e. The van der Waals surface area contributed by atoms with E-state index in [0.717, 1.165) is 12.1 Å². The maximum Gasteiger partial charge on any atom is 0.249 e. The Morgan fingerprint density at radius 3 is 2.48 bits per heavy atom. The van der Waals surface area contributed by atoms with Crippen molar-refractivity contribution in [2.75, 3.05) is 11.4 Å². The van der Waals surface area contributed by atoms with E-state index in [1.807, 2.05) is 24.3 Å². The van der Waals surface area contributed by atoms with Crippen molar-refractivity contribution in [2.45, 2.75) is 46.1 Å². The molecule has 0 radical (unpaired) electrons. The molecule has 1 aliphatic rings. The summed E-state index contributed by atoms with van der Waals surface area (Å²) < 4.78 is 0. The number of nitrogens with one attached hydrogen (secondary N) is 1. The van der Waals surface area contributed by atoms with Crippen LogP contribution < -0.4 is 10.2 Å². The van der Waals surface area contributed by atoms with Crippen LogP contribution in [0.1, 0.15) is 39.2 Å². The fraction of sp³-hybridized carbons (Fsp3) is 0.529. The number of carbonyl (C=O) groups is 2. The van der Waals surface area contributed by atoms with Gasteiger partial charge in [-0.1, -0.05) is 32.9 Å². The molecule has 114 valence electrons. The van der Waals surface area contributed by atoms with E-state index in [-0.39, 0.29) is 11.8 Å². The normalized spacial score (nSPS) is 19.6. The van der Waals surface area contributed by atoms with Crippen LogP contribution in [0.15, 0.2) is 24.3 Å². The van der Waals surface area contributed by atoms with Crippen molar-refractivity contribution in [3.8, 4) is 0 Å². The molecule has 4 nitrogen and oxygen atoms in total. The zero-order valence-electron chi connectivity index (χ0n) is 13.1. The third-order valence-electron chi connectivity index (χ3n) is 3.83. The zero-order chi connectivity index (χ0) is 15.4. The Morgan fingerprint density at radius 1 is 1.24 bits per heavy atom. The second-order valence-corrected chi connectivity index (χ2v) is 6.01. The van der Waals surface area contributed by atoms with Crippen molar-refractivity contribution < 1.29 is 9.59 Å². The van der Waals surface area contributed by atoms with Crippen molar-refractivity contribution >= 4 is 17.5 Å². The quantitative estimate of drug-likeness (QED) is 0.925. The molecule has 2 amide bonds. The summed E-state index contributed by atoms with van der Waals surface area (Å²) in [4.78, 5) is 26.2. The number of carbonyl (C=O) groups excluding carboxylic acids is 2.